The van der Waals surface area contributed by atoms with Crippen LogP contribution in [0.1, 0.15) is 15.9 Å². The van der Waals surface area contributed by atoms with Crippen molar-refractivity contribution in [1.29, 1.82) is 0 Å². The second kappa shape index (κ2) is 4.32. The second-order valence-corrected chi connectivity index (χ2v) is 3.72. The summed E-state index contributed by atoms with van der Waals surface area (Å²) in [6.07, 6.45) is 0. The van der Waals surface area contributed by atoms with Gasteiger partial charge in [0.2, 0.25) is 0 Å². The maximum atomic E-state index is 11.2. The molecule has 70 valence electrons. The molecule has 0 aliphatic heterocycles. The van der Waals surface area contributed by atoms with Crippen LogP contribution in [0.15, 0.2) is 12.1 Å². The molecule has 0 aliphatic carbocycles. The highest BCUT2D eigenvalue weighted by Crippen LogP contribution is 2.25. The molecule has 0 N–H and O–H groups in total. The van der Waals surface area contributed by atoms with E-state index in [9.17, 15) is 4.79 Å². The average Bonchev–Trinajstić information content (AvgIpc) is 2.10. The van der Waals surface area contributed by atoms with Gasteiger partial charge < -0.3 is 0 Å². The molecule has 1 rings (SSSR count). The topological polar surface area (TPSA) is 17.1 Å². The minimum Gasteiger partial charge on any atom is -0.293 e. The highest BCUT2D eigenvalue weighted by atomic mass is 35.5. The third kappa shape index (κ3) is 2.37. The molecule has 1 nitrogen and oxygen atoms in total. The van der Waals surface area contributed by atoms with Crippen LogP contribution in [-0.4, -0.2) is 11.7 Å². The van der Waals surface area contributed by atoms with Gasteiger partial charge in [-0.1, -0.05) is 23.2 Å². The number of alkyl halides is 1. The van der Waals surface area contributed by atoms with E-state index in [0.29, 0.717) is 15.6 Å². The number of Topliss-reactive ketones (excluding diaryl/α,β-unsaturated/α-hetero) is 1. The van der Waals surface area contributed by atoms with Crippen LogP contribution in [0, 0.1) is 6.92 Å². The van der Waals surface area contributed by atoms with Crippen molar-refractivity contribution in [2.75, 3.05) is 5.88 Å². The first-order chi connectivity index (χ1) is 6.06. The van der Waals surface area contributed by atoms with Crippen molar-refractivity contribution in [3.8, 4) is 0 Å². The molecule has 0 saturated carbocycles. The normalized spacial score (nSPS) is 10.2. The number of hydrogen-bond donors (Lipinski definition) is 0. The Hall–Kier alpha value is -0.240. The van der Waals surface area contributed by atoms with Crippen LogP contribution in [0.2, 0.25) is 10.0 Å². The number of carbonyl (C=O) groups excluding carboxylic acids is 1. The maximum absolute atomic E-state index is 11.2. The summed E-state index contributed by atoms with van der Waals surface area (Å²) in [7, 11) is 0. The Morgan fingerprint density at radius 3 is 2.46 bits per heavy atom. The molecule has 0 bridgehead atoms. The van der Waals surface area contributed by atoms with Gasteiger partial charge in [-0.3, -0.25) is 4.79 Å². The van der Waals surface area contributed by atoms with E-state index in [1.807, 2.05) is 6.92 Å². The van der Waals surface area contributed by atoms with E-state index in [-0.39, 0.29) is 11.7 Å². The lowest BCUT2D eigenvalue weighted by Crippen LogP contribution is -2.01. The molecule has 0 amide bonds. The van der Waals surface area contributed by atoms with Gasteiger partial charge in [0.25, 0.3) is 0 Å². The molecular weight excluding hydrogens is 230 g/mol. The monoisotopic (exact) mass is 236 g/mol. The van der Waals surface area contributed by atoms with Crippen molar-refractivity contribution >= 4 is 40.6 Å². The highest BCUT2D eigenvalue weighted by Gasteiger charge is 2.10. The summed E-state index contributed by atoms with van der Waals surface area (Å²) in [5, 5.41) is 0.900. The number of rotatable bonds is 2. The summed E-state index contributed by atoms with van der Waals surface area (Å²) in [6.45, 7) is 1.81. The number of ketones is 1. The first-order valence-electron chi connectivity index (χ1n) is 3.61. The zero-order valence-electron chi connectivity index (χ0n) is 6.90. The van der Waals surface area contributed by atoms with Crippen LogP contribution in [0.3, 0.4) is 0 Å². The van der Waals surface area contributed by atoms with E-state index in [4.69, 9.17) is 34.8 Å². The molecular formula is C9H7Cl3O. The Kier molecular flexibility index (Phi) is 3.60. The van der Waals surface area contributed by atoms with E-state index in [0.717, 1.165) is 5.56 Å². The van der Waals surface area contributed by atoms with Crippen LogP contribution < -0.4 is 0 Å². The quantitative estimate of drug-likeness (QED) is 0.566. The fourth-order valence-corrected chi connectivity index (χ4v) is 1.58. The van der Waals surface area contributed by atoms with Crippen molar-refractivity contribution in [2.24, 2.45) is 0 Å². The Bertz CT molecular complexity index is 347. The molecule has 4 heteroatoms. The second-order valence-electron chi connectivity index (χ2n) is 2.64. The minimum atomic E-state index is -0.188. The van der Waals surface area contributed by atoms with Crippen molar-refractivity contribution in [3.05, 3.63) is 33.3 Å². The maximum Gasteiger partial charge on any atom is 0.179 e. The number of benzene rings is 1. The van der Waals surface area contributed by atoms with Crippen molar-refractivity contribution in [3.63, 3.8) is 0 Å². The molecule has 0 heterocycles. The van der Waals surface area contributed by atoms with E-state index in [1.165, 1.54) is 0 Å². The Morgan fingerprint density at radius 2 is 1.92 bits per heavy atom. The molecule has 0 fully saturated rings. The smallest absolute Gasteiger partial charge is 0.179 e. The zero-order valence-corrected chi connectivity index (χ0v) is 9.17. The van der Waals surface area contributed by atoms with Gasteiger partial charge in [-0.2, -0.15) is 0 Å². The van der Waals surface area contributed by atoms with E-state index >= 15 is 0 Å². The SMILES string of the molecule is Cc1cc(C(=O)CCl)c(Cl)cc1Cl. The molecule has 0 radical (unpaired) electrons. The summed E-state index contributed by atoms with van der Waals surface area (Å²) < 4.78 is 0. The van der Waals surface area contributed by atoms with Gasteiger partial charge >= 0.3 is 0 Å². The van der Waals surface area contributed by atoms with Crippen LogP contribution in [0.4, 0.5) is 0 Å². The summed E-state index contributed by atoms with van der Waals surface area (Å²) in [5.74, 6) is -0.257. The molecule has 13 heavy (non-hydrogen) atoms. The van der Waals surface area contributed by atoms with Crippen molar-refractivity contribution in [1.82, 2.24) is 0 Å². The summed E-state index contributed by atoms with van der Waals surface area (Å²) in [4.78, 5) is 11.2. The van der Waals surface area contributed by atoms with Crippen LogP contribution in [0.25, 0.3) is 0 Å². The van der Waals surface area contributed by atoms with Gasteiger partial charge in [-0.05, 0) is 24.6 Å². The largest absolute Gasteiger partial charge is 0.293 e. The van der Waals surface area contributed by atoms with Crippen LogP contribution in [0.5, 0.6) is 0 Å². The third-order valence-corrected chi connectivity index (χ3v) is 2.63. The van der Waals surface area contributed by atoms with Gasteiger partial charge in [0, 0.05) is 10.6 Å². The lowest BCUT2D eigenvalue weighted by molar-refractivity contribution is 0.102. The lowest BCUT2D eigenvalue weighted by Gasteiger charge is -2.04. The first-order valence-corrected chi connectivity index (χ1v) is 4.90. The number of aryl methyl sites for hydroxylation is 1. The molecule has 1 aromatic carbocycles. The minimum absolute atomic E-state index is 0.0687. The van der Waals surface area contributed by atoms with Gasteiger partial charge in [-0.15, -0.1) is 11.6 Å². The average molecular weight is 238 g/mol. The highest BCUT2D eigenvalue weighted by molar-refractivity contribution is 6.39. The van der Waals surface area contributed by atoms with Crippen molar-refractivity contribution in [2.45, 2.75) is 6.92 Å². The van der Waals surface area contributed by atoms with Gasteiger partial charge in [0.15, 0.2) is 5.78 Å². The Labute approximate surface area is 91.6 Å². The predicted octanol–water partition coefficient (Wildman–Crippen LogP) is 3.72. The number of hydrogen-bond acceptors (Lipinski definition) is 1. The Morgan fingerprint density at radius 1 is 1.31 bits per heavy atom. The molecule has 0 saturated heterocycles. The summed E-state index contributed by atoms with van der Waals surface area (Å²) in [6, 6.07) is 3.20. The van der Waals surface area contributed by atoms with Gasteiger partial charge in [0.05, 0.1) is 10.9 Å². The number of halogens is 3. The van der Waals surface area contributed by atoms with E-state index in [2.05, 4.69) is 0 Å². The molecule has 0 atom stereocenters. The Balaban J connectivity index is 3.23. The summed E-state index contributed by atoms with van der Waals surface area (Å²) >= 11 is 17.0. The molecule has 0 aliphatic rings. The first kappa shape index (κ1) is 10.8. The fraction of sp³-hybridized carbons (Fsp3) is 0.222. The third-order valence-electron chi connectivity index (χ3n) is 1.67. The molecule has 0 spiro atoms. The molecule has 1 aromatic rings. The van der Waals surface area contributed by atoms with Gasteiger partial charge in [0.1, 0.15) is 0 Å². The molecule has 0 aromatic heterocycles. The zero-order chi connectivity index (χ0) is 10.0. The predicted molar refractivity (Wildman–Crippen MR) is 56.2 cm³/mol. The van der Waals surface area contributed by atoms with Gasteiger partial charge in [-0.25, -0.2) is 0 Å². The lowest BCUT2D eigenvalue weighted by atomic mass is 10.1. The number of carbonyl (C=O) groups is 1. The fourth-order valence-electron chi connectivity index (χ4n) is 0.943. The molecule has 0 unspecified atom stereocenters. The van der Waals surface area contributed by atoms with E-state index < -0.39 is 0 Å². The standard InChI is InChI=1S/C9H7Cl3O/c1-5-2-6(9(13)4-10)8(12)3-7(5)11/h2-3H,4H2,1H3. The van der Waals surface area contributed by atoms with Crippen LogP contribution in [-0.2, 0) is 0 Å². The van der Waals surface area contributed by atoms with E-state index in [1.54, 1.807) is 12.1 Å². The van der Waals surface area contributed by atoms with Crippen molar-refractivity contribution < 1.29 is 4.79 Å². The van der Waals surface area contributed by atoms with Crippen LogP contribution >= 0.6 is 34.8 Å². The summed E-state index contributed by atoms with van der Waals surface area (Å²) in [5.41, 5.74) is 1.25.